The molecule has 20 heavy (non-hydrogen) atoms. The average Bonchev–Trinajstić information content (AvgIpc) is 2.40. The fourth-order valence-electron chi connectivity index (χ4n) is 2.56. The van der Waals surface area contributed by atoms with Crippen LogP contribution in [0.5, 0.6) is 0 Å². The van der Waals surface area contributed by atoms with E-state index in [1.807, 2.05) is 6.07 Å². The van der Waals surface area contributed by atoms with Gasteiger partial charge in [0.15, 0.2) is 0 Å². The van der Waals surface area contributed by atoms with Crippen LogP contribution in [0.15, 0.2) is 24.3 Å². The molecule has 0 radical (unpaired) electrons. The molecular weight excluding hydrogens is 271 g/mol. The zero-order chi connectivity index (χ0) is 15.0. The van der Waals surface area contributed by atoms with Crippen molar-refractivity contribution in [2.75, 3.05) is 0 Å². The lowest BCUT2D eigenvalue weighted by atomic mass is 9.89. The standard InChI is InChI=1S/C18H20ClF/c1-10-6-7-15(9-16(10)20)18(19)17-13(4)11(2)8-12(3)14(17)5/h6-9,18H,1-5H3. The highest BCUT2D eigenvalue weighted by Gasteiger charge is 2.19. The van der Waals surface area contributed by atoms with Crippen LogP contribution >= 0.6 is 11.6 Å². The van der Waals surface area contributed by atoms with Crippen LogP contribution in [0.2, 0.25) is 0 Å². The van der Waals surface area contributed by atoms with E-state index in [1.165, 1.54) is 22.3 Å². The highest BCUT2D eigenvalue weighted by Crippen LogP contribution is 2.36. The Balaban J connectivity index is 2.58. The molecule has 106 valence electrons. The molecule has 0 heterocycles. The van der Waals surface area contributed by atoms with Crippen LogP contribution < -0.4 is 0 Å². The van der Waals surface area contributed by atoms with E-state index < -0.39 is 0 Å². The quantitative estimate of drug-likeness (QED) is 0.623. The second kappa shape index (κ2) is 5.57. The van der Waals surface area contributed by atoms with Crippen LogP contribution in [0.1, 0.15) is 44.3 Å². The maximum absolute atomic E-state index is 13.8. The fourth-order valence-corrected chi connectivity index (χ4v) is 3.02. The molecule has 0 N–H and O–H groups in total. The van der Waals surface area contributed by atoms with Crippen molar-refractivity contribution >= 4 is 11.6 Å². The lowest BCUT2D eigenvalue weighted by molar-refractivity contribution is 0.616. The van der Waals surface area contributed by atoms with E-state index >= 15 is 0 Å². The van der Waals surface area contributed by atoms with E-state index in [1.54, 1.807) is 19.1 Å². The maximum Gasteiger partial charge on any atom is 0.126 e. The Morgan fingerprint density at radius 1 is 0.850 bits per heavy atom. The Labute approximate surface area is 125 Å². The van der Waals surface area contributed by atoms with Gasteiger partial charge in [0.05, 0.1) is 5.38 Å². The number of hydrogen-bond acceptors (Lipinski definition) is 0. The first-order chi connectivity index (χ1) is 9.32. The molecule has 2 aromatic carbocycles. The van der Waals surface area contributed by atoms with E-state index in [0.29, 0.717) is 5.56 Å². The molecule has 0 amide bonds. The van der Waals surface area contributed by atoms with Crippen LogP contribution in [0, 0.1) is 40.4 Å². The molecule has 2 aromatic rings. The molecule has 0 aliphatic rings. The van der Waals surface area contributed by atoms with E-state index in [9.17, 15) is 4.39 Å². The van der Waals surface area contributed by atoms with Gasteiger partial charge in [-0.15, -0.1) is 11.6 Å². The first-order valence-electron chi connectivity index (χ1n) is 6.80. The smallest absolute Gasteiger partial charge is 0.126 e. The van der Waals surface area contributed by atoms with E-state index in [2.05, 4.69) is 33.8 Å². The summed E-state index contributed by atoms with van der Waals surface area (Å²) in [5.74, 6) is -0.201. The molecule has 0 aliphatic carbocycles. The normalized spacial score (nSPS) is 12.6. The molecule has 0 saturated heterocycles. The van der Waals surface area contributed by atoms with E-state index in [-0.39, 0.29) is 11.2 Å². The lowest BCUT2D eigenvalue weighted by Crippen LogP contribution is -2.04. The van der Waals surface area contributed by atoms with Crippen LogP contribution in [0.3, 0.4) is 0 Å². The molecular formula is C18H20ClF. The Morgan fingerprint density at radius 2 is 1.40 bits per heavy atom. The summed E-state index contributed by atoms with van der Waals surface area (Å²) in [5.41, 5.74) is 7.38. The third-order valence-corrected chi connectivity index (χ3v) is 4.64. The molecule has 1 atom stereocenters. The van der Waals surface area contributed by atoms with Crippen LogP contribution in [-0.4, -0.2) is 0 Å². The molecule has 0 aliphatic heterocycles. The second-order valence-electron chi connectivity index (χ2n) is 5.55. The van der Waals surface area contributed by atoms with Crippen molar-refractivity contribution in [2.24, 2.45) is 0 Å². The summed E-state index contributed by atoms with van der Waals surface area (Å²) in [7, 11) is 0. The third-order valence-electron chi connectivity index (χ3n) is 4.17. The van der Waals surface area contributed by atoms with Gasteiger partial charge in [-0.25, -0.2) is 4.39 Å². The lowest BCUT2D eigenvalue weighted by Gasteiger charge is -2.20. The SMILES string of the molecule is Cc1ccc(C(Cl)c2c(C)c(C)cc(C)c2C)cc1F. The van der Waals surface area contributed by atoms with Crippen LogP contribution in [0.25, 0.3) is 0 Å². The largest absolute Gasteiger partial charge is 0.207 e. The highest BCUT2D eigenvalue weighted by molar-refractivity contribution is 6.22. The third kappa shape index (κ3) is 2.60. The Bertz CT molecular complexity index is 633. The number of benzene rings is 2. The summed E-state index contributed by atoms with van der Waals surface area (Å²) < 4.78 is 13.8. The minimum absolute atomic E-state index is 0.201. The van der Waals surface area contributed by atoms with Crippen molar-refractivity contribution in [2.45, 2.75) is 40.0 Å². The summed E-state index contributed by atoms with van der Waals surface area (Å²) >= 11 is 6.64. The van der Waals surface area contributed by atoms with Gasteiger partial charge in [0, 0.05) is 0 Å². The van der Waals surface area contributed by atoms with Gasteiger partial charge in [0.2, 0.25) is 0 Å². The summed E-state index contributed by atoms with van der Waals surface area (Å²) in [6.45, 7) is 10.1. The van der Waals surface area contributed by atoms with Crippen molar-refractivity contribution < 1.29 is 4.39 Å². The first-order valence-corrected chi connectivity index (χ1v) is 7.24. The number of rotatable bonds is 2. The van der Waals surface area contributed by atoms with Crippen LogP contribution in [0.4, 0.5) is 4.39 Å². The summed E-state index contributed by atoms with van der Waals surface area (Å²) in [5, 5.41) is -0.316. The summed E-state index contributed by atoms with van der Waals surface area (Å²) in [6, 6.07) is 7.41. The predicted molar refractivity (Wildman–Crippen MR) is 84.2 cm³/mol. The molecule has 0 fully saturated rings. The number of halogens is 2. The van der Waals surface area contributed by atoms with Crippen molar-refractivity contribution in [3.8, 4) is 0 Å². The number of aryl methyl sites for hydroxylation is 3. The first kappa shape index (κ1) is 15.1. The molecule has 0 aromatic heterocycles. The Morgan fingerprint density at radius 3 is 1.90 bits per heavy atom. The van der Waals surface area contributed by atoms with Crippen LogP contribution in [-0.2, 0) is 0 Å². The van der Waals surface area contributed by atoms with E-state index in [4.69, 9.17) is 11.6 Å². The van der Waals surface area contributed by atoms with Crippen molar-refractivity contribution in [3.05, 3.63) is 69.0 Å². The molecule has 0 bridgehead atoms. The molecule has 0 saturated carbocycles. The van der Waals surface area contributed by atoms with Gasteiger partial charge in [0.1, 0.15) is 5.82 Å². The minimum atomic E-state index is -0.316. The van der Waals surface area contributed by atoms with Gasteiger partial charge < -0.3 is 0 Å². The topological polar surface area (TPSA) is 0 Å². The summed E-state index contributed by atoms with van der Waals surface area (Å²) in [4.78, 5) is 0. The minimum Gasteiger partial charge on any atom is -0.207 e. The molecule has 1 unspecified atom stereocenters. The number of hydrogen-bond donors (Lipinski definition) is 0. The van der Waals surface area contributed by atoms with Gasteiger partial charge in [-0.05, 0) is 79.6 Å². The van der Waals surface area contributed by atoms with Gasteiger partial charge in [-0.2, -0.15) is 0 Å². The summed E-state index contributed by atoms with van der Waals surface area (Å²) in [6.07, 6.45) is 0. The van der Waals surface area contributed by atoms with Gasteiger partial charge in [0.25, 0.3) is 0 Å². The van der Waals surface area contributed by atoms with Crippen molar-refractivity contribution in [1.82, 2.24) is 0 Å². The zero-order valence-corrected chi connectivity index (χ0v) is 13.4. The zero-order valence-electron chi connectivity index (χ0n) is 12.6. The fraction of sp³-hybridized carbons (Fsp3) is 0.333. The molecule has 2 rings (SSSR count). The Hall–Kier alpha value is -1.34. The second-order valence-corrected chi connectivity index (χ2v) is 5.98. The van der Waals surface area contributed by atoms with Gasteiger partial charge in [-0.1, -0.05) is 18.2 Å². The molecule has 0 spiro atoms. The van der Waals surface area contributed by atoms with Crippen molar-refractivity contribution in [3.63, 3.8) is 0 Å². The van der Waals surface area contributed by atoms with Gasteiger partial charge >= 0.3 is 0 Å². The average molecular weight is 291 g/mol. The Kier molecular flexibility index (Phi) is 4.19. The monoisotopic (exact) mass is 290 g/mol. The highest BCUT2D eigenvalue weighted by atomic mass is 35.5. The molecule has 2 heteroatoms. The molecule has 0 nitrogen and oxygen atoms in total. The van der Waals surface area contributed by atoms with Crippen molar-refractivity contribution in [1.29, 1.82) is 0 Å². The van der Waals surface area contributed by atoms with Gasteiger partial charge in [-0.3, -0.25) is 0 Å². The van der Waals surface area contributed by atoms with E-state index in [0.717, 1.165) is 11.1 Å². The predicted octanol–water partition coefficient (Wildman–Crippen LogP) is 5.70. The number of alkyl halides is 1. The maximum atomic E-state index is 13.8.